The van der Waals surface area contributed by atoms with Crippen molar-refractivity contribution in [1.29, 1.82) is 5.26 Å². The number of carbonyl (C=O) groups is 1. The Balaban J connectivity index is 1.40. The highest BCUT2D eigenvalue weighted by molar-refractivity contribution is 5.87. The number of hydrogen-bond acceptors (Lipinski definition) is 6. The van der Waals surface area contributed by atoms with Crippen molar-refractivity contribution in [1.82, 2.24) is 14.8 Å². The summed E-state index contributed by atoms with van der Waals surface area (Å²) in [6.07, 6.45) is 4.62. The van der Waals surface area contributed by atoms with E-state index in [1.807, 2.05) is 24.4 Å². The van der Waals surface area contributed by atoms with Crippen molar-refractivity contribution in [3.05, 3.63) is 30.5 Å². The van der Waals surface area contributed by atoms with Crippen LogP contribution in [0.2, 0.25) is 0 Å². The molecule has 29 heavy (non-hydrogen) atoms. The fourth-order valence-electron chi connectivity index (χ4n) is 4.44. The number of fused-ring (bicyclic) bond motifs is 1. The Morgan fingerprint density at radius 2 is 2.24 bits per heavy atom. The van der Waals surface area contributed by atoms with Crippen LogP contribution >= 0.6 is 0 Å². The summed E-state index contributed by atoms with van der Waals surface area (Å²) < 4.78 is 5.40. The number of rotatable bonds is 5. The molecular weight excluding hydrogens is 366 g/mol. The first-order chi connectivity index (χ1) is 14.1. The molecule has 2 saturated heterocycles. The van der Waals surface area contributed by atoms with Crippen molar-refractivity contribution >= 4 is 22.5 Å². The molecule has 7 nitrogen and oxygen atoms in total. The third-order valence-corrected chi connectivity index (χ3v) is 6.16. The second-order valence-corrected chi connectivity index (χ2v) is 7.89. The van der Waals surface area contributed by atoms with Crippen LogP contribution in [0.4, 0.5) is 5.69 Å². The second-order valence-electron chi connectivity index (χ2n) is 7.89. The minimum atomic E-state index is -0.246. The number of nitrogens with zero attached hydrogens (tertiary/aromatic N) is 5. The molecule has 0 N–H and O–H groups in total. The van der Waals surface area contributed by atoms with Crippen LogP contribution in [0.1, 0.15) is 19.3 Å². The first-order valence-electron chi connectivity index (χ1n) is 10.2. The zero-order chi connectivity index (χ0) is 20.4. The molecule has 4 rings (SSSR count). The van der Waals surface area contributed by atoms with Crippen LogP contribution in [0.25, 0.3) is 10.9 Å². The van der Waals surface area contributed by atoms with Crippen molar-refractivity contribution in [2.75, 3.05) is 45.2 Å². The van der Waals surface area contributed by atoms with Gasteiger partial charge in [0.25, 0.3) is 0 Å². The Labute approximate surface area is 171 Å². The highest BCUT2D eigenvalue weighted by atomic mass is 16.5. The number of aromatic nitrogens is 1. The van der Waals surface area contributed by atoms with E-state index < -0.39 is 0 Å². The van der Waals surface area contributed by atoms with Crippen LogP contribution in [0.15, 0.2) is 30.5 Å². The predicted octanol–water partition coefficient (Wildman–Crippen LogP) is 2.27. The molecule has 0 saturated carbocycles. The van der Waals surface area contributed by atoms with Gasteiger partial charge in [-0.3, -0.25) is 14.7 Å². The molecule has 2 atom stereocenters. The highest BCUT2D eigenvalue weighted by Gasteiger charge is 2.32. The van der Waals surface area contributed by atoms with Gasteiger partial charge in [-0.15, -0.1) is 0 Å². The molecule has 2 aliphatic rings. The summed E-state index contributed by atoms with van der Waals surface area (Å²) in [7, 11) is 3.75. The number of likely N-dealkylation sites (N-methyl/N-ethyl adjacent to an activating group) is 1. The maximum atomic E-state index is 12.6. The summed E-state index contributed by atoms with van der Waals surface area (Å²) >= 11 is 0. The average Bonchev–Trinajstić information content (AvgIpc) is 3.41. The van der Waals surface area contributed by atoms with Gasteiger partial charge in [0, 0.05) is 38.1 Å². The van der Waals surface area contributed by atoms with Crippen LogP contribution in [0.5, 0.6) is 5.75 Å². The van der Waals surface area contributed by atoms with Crippen molar-refractivity contribution in [3.63, 3.8) is 0 Å². The van der Waals surface area contributed by atoms with Gasteiger partial charge >= 0.3 is 0 Å². The average molecular weight is 393 g/mol. The Morgan fingerprint density at radius 1 is 1.38 bits per heavy atom. The number of hydrogen-bond donors (Lipinski definition) is 0. The number of nitriles is 1. The number of ether oxygens (including phenoxy) is 1. The SMILES string of the molecule is COc1cccc2cc(N(C)C3CCN(CC(=O)N4CCCC4C#N)C3)cnc12. The van der Waals surface area contributed by atoms with Gasteiger partial charge in [-0.2, -0.15) is 5.26 Å². The van der Waals surface area contributed by atoms with Gasteiger partial charge in [0.05, 0.1) is 31.6 Å². The molecule has 0 spiro atoms. The highest BCUT2D eigenvalue weighted by Crippen LogP contribution is 2.28. The van der Waals surface area contributed by atoms with Crippen molar-refractivity contribution in [2.24, 2.45) is 0 Å². The van der Waals surface area contributed by atoms with Crippen LogP contribution < -0.4 is 9.64 Å². The maximum Gasteiger partial charge on any atom is 0.237 e. The van der Waals surface area contributed by atoms with Gasteiger partial charge in [0.15, 0.2) is 0 Å². The van der Waals surface area contributed by atoms with Crippen LogP contribution in [0, 0.1) is 11.3 Å². The minimum Gasteiger partial charge on any atom is -0.494 e. The standard InChI is InChI=1S/C22H27N5O2/c1-25(19-11-16-5-3-7-20(29-2)22(16)24-13-19)18-8-10-26(14-18)15-21(28)27-9-4-6-17(27)12-23/h3,5,7,11,13,17-18H,4,6,8-10,14-15H2,1-2H3. The second kappa shape index (κ2) is 8.26. The maximum absolute atomic E-state index is 12.6. The van der Waals surface area contributed by atoms with Gasteiger partial charge in [-0.1, -0.05) is 12.1 Å². The van der Waals surface area contributed by atoms with E-state index >= 15 is 0 Å². The molecule has 152 valence electrons. The molecule has 1 amide bonds. The molecule has 3 heterocycles. The summed E-state index contributed by atoms with van der Waals surface area (Å²) in [6, 6.07) is 10.4. The van der Waals surface area contributed by atoms with E-state index in [4.69, 9.17) is 4.74 Å². The molecule has 2 aliphatic heterocycles. The number of para-hydroxylation sites is 1. The van der Waals surface area contributed by atoms with Gasteiger partial charge in [0.1, 0.15) is 17.3 Å². The van der Waals surface area contributed by atoms with E-state index in [0.29, 0.717) is 19.1 Å². The smallest absolute Gasteiger partial charge is 0.237 e. The summed E-state index contributed by atoms with van der Waals surface area (Å²) in [5.41, 5.74) is 1.93. The third-order valence-electron chi connectivity index (χ3n) is 6.16. The zero-order valence-electron chi connectivity index (χ0n) is 17.0. The summed E-state index contributed by atoms with van der Waals surface area (Å²) in [6.45, 7) is 2.83. The molecular formula is C22H27N5O2. The molecule has 2 aromatic rings. The lowest BCUT2D eigenvalue weighted by molar-refractivity contribution is -0.132. The van der Waals surface area contributed by atoms with Crippen LogP contribution in [-0.4, -0.2) is 73.1 Å². The Morgan fingerprint density at radius 3 is 3.03 bits per heavy atom. The zero-order valence-corrected chi connectivity index (χ0v) is 17.0. The molecule has 7 heteroatoms. The first kappa shape index (κ1) is 19.5. The van der Waals surface area contributed by atoms with E-state index in [2.05, 4.69) is 34.0 Å². The van der Waals surface area contributed by atoms with Gasteiger partial charge < -0.3 is 14.5 Å². The number of carbonyl (C=O) groups excluding carboxylic acids is 1. The summed E-state index contributed by atoms with van der Waals surface area (Å²) in [4.78, 5) is 23.4. The van der Waals surface area contributed by atoms with Gasteiger partial charge in [-0.05, 0) is 31.4 Å². The number of amides is 1. The lowest BCUT2D eigenvalue weighted by Gasteiger charge is -2.27. The Hall–Kier alpha value is -2.85. The minimum absolute atomic E-state index is 0.0804. The number of methoxy groups -OCH3 is 1. The Bertz CT molecular complexity index is 940. The van der Waals surface area contributed by atoms with E-state index in [-0.39, 0.29) is 11.9 Å². The fourth-order valence-corrected chi connectivity index (χ4v) is 4.44. The number of anilines is 1. The normalized spacial score (nSPS) is 22.0. The Kier molecular flexibility index (Phi) is 5.54. The number of pyridine rings is 1. The number of likely N-dealkylation sites (tertiary alicyclic amines) is 2. The fraction of sp³-hybridized carbons (Fsp3) is 0.500. The summed E-state index contributed by atoms with van der Waals surface area (Å²) in [5, 5.41) is 10.3. The third kappa shape index (κ3) is 3.85. The van der Waals surface area contributed by atoms with Crippen LogP contribution in [0.3, 0.4) is 0 Å². The molecule has 0 aliphatic carbocycles. The molecule has 1 aromatic carbocycles. The van der Waals surface area contributed by atoms with E-state index in [9.17, 15) is 10.1 Å². The van der Waals surface area contributed by atoms with Crippen molar-refractivity contribution in [2.45, 2.75) is 31.3 Å². The van der Waals surface area contributed by atoms with Gasteiger partial charge in [0.2, 0.25) is 5.91 Å². The lowest BCUT2D eigenvalue weighted by atomic mass is 10.1. The molecule has 0 bridgehead atoms. The van der Waals surface area contributed by atoms with E-state index in [1.54, 1.807) is 12.0 Å². The van der Waals surface area contributed by atoms with E-state index in [1.165, 1.54) is 0 Å². The topological polar surface area (TPSA) is 72.7 Å². The monoisotopic (exact) mass is 393 g/mol. The van der Waals surface area contributed by atoms with E-state index in [0.717, 1.165) is 54.7 Å². The van der Waals surface area contributed by atoms with Crippen LogP contribution in [-0.2, 0) is 4.79 Å². The summed E-state index contributed by atoms with van der Waals surface area (Å²) in [5.74, 6) is 0.858. The van der Waals surface area contributed by atoms with Crippen molar-refractivity contribution in [3.8, 4) is 11.8 Å². The lowest BCUT2D eigenvalue weighted by Crippen LogP contribution is -2.42. The van der Waals surface area contributed by atoms with Gasteiger partial charge in [-0.25, -0.2) is 0 Å². The largest absolute Gasteiger partial charge is 0.494 e. The quantitative estimate of drug-likeness (QED) is 0.776. The predicted molar refractivity (Wildman–Crippen MR) is 112 cm³/mol. The van der Waals surface area contributed by atoms with Crippen molar-refractivity contribution < 1.29 is 9.53 Å². The molecule has 0 radical (unpaired) electrons. The first-order valence-corrected chi connectivity index (χ1v) is 10.2. The molecule has 1 aromatic heterocycles. The molecule has 2 unspecified atom stereocenters. The number of benzene rings is 1. The molecule has 2 fully saturated rings.